The smallest absolute Gasteiger partial charge is 0.114 e. The van der Waals surface area contributed by atoms with Crippen LogP contribution in [0.15, 0.2) is 12.3 Å². The summed E-state index contributed by atoms with van der Waals surface area (Å²) in [4.78, 5) is 0. The lowest BCUT2D eigenvalue weighted by atomic mass is 10.1. The second-order valence-electron chi connectivity index (χ2n) is 3.99. The summed E-state index contributed by atoms with van der Waals surface area (Å²) < 4.78 is 5.38. The Morgan fingerprint density at radius 2 is 1.73 bits per heavy atom. The molecule has 0 radical (unpaired) electrons. The normalized spacial score (nSPS) is 12.7. The third-order valence-electron chi connectivity index (χ3n) is 2.56. The van der Waals surface area contributed by atoms with Crippen LogP contribution in [-0.4, -0.2) is 17.8 Å². The van der Waals surface area contributed by atoms with Crippen molar-refractivity contribution < 1.29 is 9.84 Å². The number of hydrogen-bond donors (Lipinski definition) is 1. The van der Waals surface area contributed by atoms with Gasteiger partial charge in [0.05, 0.1) is 0 Å². The van der Waals surface area contributed by atoms with E-state index in [1.807, 2.05) is 6.92 Å². The molecule has 0 aliphatic rings. The van der Waals surface area contributed by atoms with Gasteiger partial charge < -0.3 is 9.84 Å². The molecule has 90 valence electrons. The van der Waals surface area contributed by atoms with Crippen LogP contribution in [0.2, 0.25) is 0 Å². The maximum atomic E-state index is 9.26. The monoisotopic (exact) mass is 214 g/mol. The highest BCUT2D eigenvalue weighted by Crippen LogP contribution is 2.13. The molecule has 0 amide bonds. The van der Waals surface area contributed by atoms with E-state index in [9.17, 15) is 5.11 Å². The Bertz CT molecular complexity index is 155. The second-order valence-corrected chi connectivity index (χ2v) is 3.99. The summed E-state index contributed by atoms with van der Waals surface area (Å²) in [6.07, 6.45) is 8.35. The van der Waals surface area contributed by atoms with Crippen molar-refractivity contribution in [2.24, 2.45) is 0 Å². The molecule has 1 unspecified atom stereocenters. The molecule has 0 bridgehead atoms. The van der Waals surface area contributed by atoms with Crippen LogP contribution < -0.4 is 0 Å². The van der Waals surface area contributed by atoms with Crippen molar-refractivity contribution in [2.75, 3.05) is 6.61 Å². The first kappa shape index (κ1) is 14.5. The van der Waals surface area contributed by atoms with E-state index in [1.54, 1.807) is 0 Å². The number of ether oxygens (including phenoxy) is 1. The first-order valence-electron chi connectivity index (χ1n) is 6.21. The maximum Gasteiger partial charge on any atom is 0.114 e. The largest absolute Gasteiger partial charge is 0.510 e. The predicted molar refractivity (Wildman–Crippen MR) is 65.2 cm³/mol. The summed E-state index contributed by atoms with van der Waals surface area (Å²) in [6, 6.07) is 0. The van der Waals surface area contributed by atoms with Gasteiger partial charge in [-0.25, -0.2) is 0 Å². The fourth-order valence-corrected chi connectivity index (χ4v) is 1.66. The van der Waals surface area contributed by atoms with Crippen LogP contribution in [0.3, 0.4) is 0 Å². The summed E-state index contributed by atoms with van der Waals surface area (Å²) in [5, 5.41) is 9.26. The fraction of sp³-hybridized carbons (Fsp3) is 0.846. The highest BCUT2D eigenvalue weighted by Gasteiger charge is 2.10. The molecule has 0 fully saturated rings. The molecule has 0 spiro atoms. The van der Waals surface area contributed by atoms with Crippen molar-refractivity contribution in [3.63, 3.8) is 0 Å². The van der Waals surface area contributed by atoms with Crippen LogP contribution in [0, 0.1) is 0 Å². The minimum Gasteiger partial charge on any atom is -0.510 e. The van der Waals surface area contributed by atoms with Crippen LogP contribution >= 0.6 is 0 Å². The highest BCUT2D eigenvalue weighted by atomic mass is 16.5. The standard InChI is InChI=1S/C13H26O2/c1-4-6-7-8-9-10-11-13(12(3)14)15-5-2/h13-14H,3-11H2,1-2H3. The molecule has 0 saturated carbocycles. The summed E-state index contributed by atoms with van der Waals surface area (Å²) >= 11 is 0. The van der Waals surface area contributed by atoms with Crippen molar-refractivity contribution in [3.8, 4) is 0 Å². The lowest BCUT2D eigenvalue weighted by Crippen LogP contribution is -2.15. The van der Waals surface area contributed by atoms with Gasteiger partial charge in [-0.1, -0.05) is 52.0 Å². The van der Waals surface area contributed by atoms with Crippen molar-refractivity contribution in [1.82, 2.24) is 0 Å². The zero-order valence-electron chi connectivity index (χ0n) is 10.3. The molecule has 0 aliphatic heterocycles. The SMILES string of the molecule is C=C(O)C(CCCCCCCC)OCC. The van der Waals surface area contributed by atoms with Crippen molar-refractivity contribution in [3.05, 3.63) is 12.3 Å². The van der Waals surface area contributed by atoms with Crippen LogP contribution in [0.25, 0.3) is 0 Å². The number of hydrogen-bond acceptors (Lipinski definition) is 2. The Morgan fingerprint density at radius 1 is 1.13 bits per heavy atom. The molecule has 2 heteroatoms. The molecule has 0 saturated heterocycles. The van der Waals surface area contributed by atoms with E-state index in [0.29, 0.717) is 6.61 Å². The fourth-order valence-electron chi connectivity index (χ4n) is 1.66. The molecule has 0 heterocycles. The first-order chi connectivity index (χ1) is 7.22. The molecule has 0 aromatic rings. The quantitative estimate of drug-likeness (QED) is 0.436. The molecule has 1 N–H and O–H groups in total. The van der Waals surface area contributed by atoms with E-state index in [2.05, 4.69) is 13.5 Å². The van der Waals surface area contributed by atoms with E-state index < -0.39 is 0 Å². The molecule has 0 aliphatic carbocycles. The number of aliphatic hydroxyl groups is 1. The predicted octanol–water partition coefficient (Wildman–Crippen LogP) is 4.21. The Hall–Kier alpha value is -0.500. The highest BCUT2D eigenvalue weighted by molar-refractivity contribution is 4.89. The Morgan fingerprint density at radius 3 is 2.27 bits per heavy atom. The topological polar surface area (TPSA) is 29.5 Å². The minimum atomic E-state index is -0.152. The van der Waals surface area contributed by atoms with Gasteiger partial charge in [-0.2, -0.15) is 0 Å². The third kappa shape index (κ3) is 8.49. The van der Waals surface area contributed by atoms with Gasteiger partial charge in [0.1, 0.15) is 11.9 Å². The van der Waals surface area contributed by atoms with Crippen molar-refractivity contribution >= 4 is 0 Å². The van der Waals surface area contributed by atoms with Crippen LogP contribution in [-0.2, 0) is 4.74 Å². The number of rotatable bonds is 10. The zero-order chi connectivity index (χ0) is 11.5. The molecule has 2 nitrogen and oxygen atoms in total. The van der Waals surface area contributed by atoms with Crippen LogP contribution in [0.1, 0.15) is 58.8 Å². The van der Waals surface area contributed by atoms with Crippen LogP contribution in [0.5, 0.6) is 0 Å². The Labute approximate surface area is 94.3 Å². The minimum absolute atomic E-state index is 0.152. The molecule has 15 heavy (non-hydrogen) atoms. The summed E-state index contributed by atoms with van der Waals surface area (Å²) in [5.41, 5.74) is 0. The van der Waals surface area contributed by atoms with E-state index in [-0.39, 0.29) is 11.9 Å². The van der Waals surface area contributed by atoms with Gasteiger partial charge in [-0.3, -0.25) is 0 Å². The van der Waals surface area contributed by atoms with E-state index in [0.717, 1.165) is 12.8 Å². The Balaban J connectivity index is 3.41. The van der Waals surface area contributed by atoms with Crippen LogP contribution in [0.4, 0.5) is 0 Å². The van der Waals surface area contributed by atoms with Gasteiger partial charge in [-0.15, -0.1) is 0 Å². The number of aliphatic hydroxyl groups excluding tert-OH is 1. The summed E-state index contributed by atoms with van der Waals surface area (Å²) in [5.74, 6) is 0.172. The van der Waals surface area contributed by atoms with E-state index in [4.69, 9.17) is 4.74 Å². The summed E-state index contributed by atoms with van der Waals surface area (Å²) in [7, 11) is 0. The van der Waals surface area contributed by atoms with Gasteiger partial charge in [0.25, 0.3) is 0 Å². The molecular weight excluding hydrogens is 188 g/mol. The van der Waals surface area contributed by atoms with Gasteiger partial charge in [0.15, 0.2) is 0 Å². The van der Waals surface area contributed by atoms with Gasteiger partial charge >= 0.3 is 0 Å². The van der Waals surface area contributed by atoms with Crippen molar-refractivity contribution in [2.45, 2.75) is 64.9 Å². The number of unbranched alkanes of at least 4 members (excludes halogenated alkanes) is 5. The molecular formula is C13H26O2. The molecule has 0 aromatic carbocycles. The average Bonchev–Trinajstić information content (AvgIpc) is 2.21. The Kier molecular flexibility index (Phi) is 9.70. The summed E-state index contributed by atoms with van der Waals surface area (Å²) in [6.45, 7) is 8.34. The van der Waals surface area contributed by atoms with Gasteiger partial charge in [0.2, 0.25) is 0 Å². The molecule has 0 aromatic heterocycles. The van der Waals surface area contributed by atoms with Crippen molar-refractivity contribution in [1.29, 1.82) is 0 Å². The first-order valence-corrected chi connectivity index (χ1v) is 6.21. The van der Waals surface area contributed by atoms with Gasteiger partial charge in [0, 0.05) is 6.61 Å². The molecule has 1 atom stereocenters. The third-order valence-corrected chi connectivity index (χ3v) is 2.56. The lowest BCUT2D eigenvalue weighted by Gasteiger charge is -2.15. The average molecular weight is 214 g/mol. The lowest BCUT2D eigenvalue weighted by molar-refractivity contribution is 0.0512. The molecule has 0 rings (SSSR count). The van der Waals surface area contributed by atoms with E-state index >= 15 is 0 Å². The second kappa shape index (κ2) is 10.0. The van der Waals surface area contributed by atoms with E-state index in [1.165, 1.54) is 32.1 Å². The zero-order valence-corrected chi connectivity index (χ0v) is 10.3. The van der Waals surface area contributed by atoms with Gasteiger partial charge in [-0.05, 0) is 13.3 Å². The maximum absolute atomic E-state index is 9.26.